The maximum Gasteiger partial charge on any atom is 0.146 e. The average Bonchev–Trinajstić information content (AvgIpc) is 2.56. The molecule has 1 saturated heterocycles. The molecule has 2 aromatic carbocycles. The Kier molecular flexibility index (Phi) is 4.91. The van der Waals surface area contributed by atoms with Crippen molar-refractivity contribution in [3.8, 4) is 0 Å². The van der Waals surface area contributed by atoms with Crippen molar-refractivity contribution in [2.75, 3.05) is 18.0 Å². The van der Waals surface area contributed by atoms with Crippen LogP contribution in [0.3, 0.4) is 0 Å². The number of halogens is 2. The fourth-order valence-corrected chi connectivity index (χ4v) is 3.28. The van der Waals surface area contributed by atoms with E-state index in [0.717, 1.165) is 25.6 Å². The summed E-state index contributed by atoms with van der Waals surface area (Å²) in [5.74, 6) is -0.324. The van der Waals surface area contributed by atoms with Gasteiger partial charge in [-0.05, 0) is 30.0 Å². The van der Waals surface area contributed by atoms with Crippen molar-refractivity contribution in [2.24, 2.45) is 5.92 Å². The van der Waals surface area contributed by atoms with E-state index in [-0.39, 0.29) is 11.9 Å². The molecule has 0 aliphatic carbocycles. The lowest BCUT2D eigenvalue weighted by Gasteiger charge is -2.38. The van der Waals surface area contributed by atoms with E-state index in [1.54, 1.807) is 0 Å². The number of piperidine rings is 1. The van der Waals surface area contributed by atoms with Crippen LogP contribution in [-0.4, -0.2) is 19.1 Å². The largest absolute Gasteiger partial charge is 0.367 e. The van der Waals surface area contributed by atoms with Crippen LogP contribution in [0.1, 0.15) is 18.9 Å². The number of nitrogens with one attached hydrogen (secondary N) is 1. The van der Waals surface area contributed by atoms with Crippen LogP contribution < -0.4 is 10.2 Å². The first-order valence-corrected chi connectivity index (χ1v) is 8.09. The van der Waals surface area contributed by atoms with E-state index in [9.17, 15) is 8.78 Å². The third kappa shape index (κ3) is 4.08. The molecular formula is C19H22F2N2. The van der Waals surface area contributed by atoms with Gasteiger partial charge in [-0.2, -0.15) is 0 Å². The molecule has 122 valence electrons. The number of benzene rings is 2. The Bertz CT molecular complexity index is 645. The van der Waals surface area contributed by atoms with Crippen LogP contribution in [0.15, 0.2) is 48.5 Å². The Hall–Kier alpha value is -1.94. The molecule has 2 nitrogen and oxygen atoms in total. The van der Waals surface area contributed by atoms with E-state index in [0.29, 0.717) is 18.2 Å². The van der Waals surface area contributed by atoms with E-state index < -0.39 is 5.82 Å². The van der Waals surface area contributed by atoms with Gasteiger partial charge in [0, 0.05) is 31.7 Å². The Balaban J connectivity index is 1.68. The van der Waals surface area contributed by atoms with Gasteiger partial charge in [0.1, 0.15) is 11.6 Å². The van der Waals surface area contributed by atoms with Gasteiger partial charge in [0.05, 0.1) is 5.69 Å². The van der Waals surface area contributed by atoms with Gasteiger partial charge in [0.25, 0.3) is 0 Å². The summed E-state index contributed by atoms with van der Waals surface area (Å²) in [6.45, 7) is 4.39. The minimum Gasteiger partial charge on any atom is -0.367 e. The molecule has 0 saturated carbocycles. The highest BCUT2D eigenvalue weighted by Crippen LogP contribution is 2.26. The first kappa shape index (κ1) is 15.9. The second-order valence-corrected chi connectivity index (χ2v) is 6.41. The van der Waals surface area contributed by atoms with E-state index in [4.69, 9.17) is 0 Å². The molecule has 0 bridgehead atoms. The molecule has 0 spiro atoms. The Morgan fingerprint density at radius 1 is 1.09 bits per heavy atom. The van der Waals surface area contributed by atoms with Gasteiger partial charge < -0.3 is 10.2 Å². The lowest BCUT2D eigenvalue weighted by molar-refractivity contribution is 0.347. The Morgan fingerprint density at radius 2 is 1.87 bits per heavy atom. The van der Waals surface area contributed by atoms with E-state index >= 15 is 0 Å². The van der Waals surface area contributed by atoms with Gasteiger partial charge in [0.2, 0.25) is 0 Å². The summed E-state index contributed by atoms with van der Waals surface area (Å²) >= 11 is 0. The molecule has 0 radical (unpaired) electrons. The number of rotatable bonds is 4. The zero-order valence-corrected chi connectivity index (χ0v) is 13.3. The molecule has 2 unspecified atom stereocenters. The molecule has 3 rings (SSSR count). The van der Waals surface area contributed by atoms with Gasteiger partial charge >= 0.3 is 0 Å². The van der Waals surface area contributed by atoms with Crippen molar-refractivity contribution in [1.29, 1.82) is 0 Å². The highest BCUT2D eigenvalue weighted by atomic mass is 19.1. The third-order valence-corrected chi connectivity index (χ3v) is 4.35. The quantitative estimate of drug-likeness (QED) is 0.918. The van der Waals surface area contributed by atoms with Crippen LogP contribution in [0.25, 0.3) is 0 Å². The zero-order chi connectivity index (χ0) is 16.2. The van der Waals surface area contributed by atoms with Gasteiger partial charge in [0.15, 0.2) is 0 Å². The summed E-state index contributed by atoms with van der Waals surface area (Å²) in [6, 6.07) is 14.1. The minimum atomic E-state index is -0.395. The van der Waals surface area contributed by atoms with Gasteiger partial charge in [-0.25, -0.2) is 8.78 Å². The van der Waals surface area contributed by atoms with Crippen molar-refractivity contribution in [3.63, 3.8) is 0 Å². The van der Waals surface area contributed by atoms with Gasteiger partial charge in [-0.3, -0.25) is 0 Å². The summed E-state index contributed by atoms with van der Waals surface area (Å²) in [6.07, 6.45) is 1.04. The minimum absolute atomic E-state index is 0.265. The summed E-state index contributed by atoms with van der Waals surface area (Å²) in [5, 5.41) is 3.54. The van der Waals surface area contributed by atoms with Crippen LogP contribution in [0, 0.1) is 17.6 Å². The van der Waals surface area contributed by atoms with Gasteiger partial charge in [-0.15, -0.1) is 0 Å². The lowest BCUT2D eigenvalue weighted by Crippen LogP contribution is -2.48. The summed E-state index contributed by atoms with van der Waals surface area (Å²) in [4.78, 5) is 1.95. The Morgan fingerprint density at radius 3 is 2.65 bits per heavy atom. The smallest absolute Gasteiger partial charge is 0.146 e. The second kappa shape index (κ2) is 7.09. The zero-order valence-electron chi connectivity index (χ0n) is 13.3. The van der Waals surface area contributed by atoms with E-state index in [2.05, 4.69) is 24.4 Å². The van der Waals surface area contributed by atoms with Gasteiger partial charge in [-0.1, -0.05) is 37.3 Å². The standard InChI is InChI=1S/C19H22F2N2/c1-14-9-17(22-11-15-5-3-2-4-6-15)13-23(12-14)19-10-16(20)7-8-18(19)21/h2-8,10,14,17,22H,9,11-13H2,1H3. The molecule has 4 heteroatoms. The molecule has 1 aliphatic heterocycles. The molecule has 2 aromatic rings. The first-order chi connectivity index (χ1) is 11.1. The predicted molar refractivity (Wildman–Crippen MR) is 89.4 cm³/mol. The van der Waals surface area contributed by atoms with Crippen molar-refractivity contribution in [2.45, 2.75) is 25.9 Å². The lowest BCUT2D eigenvalue weighted by atomic mass is 9.95. The van der Waals surface area contributed by atoms with Crippen molar-refractivity contribution in [1.82, 2.24) is 5.32 Å². The third-order valence-electron chi connectivity index (χ3n) is 4.35. The first-order valence-electron chi connectivity index (χ1n) is 8.09. The molecule has 1 fully saturated rings. The topological polar surface area (TPSA) is 15.3 Å². The summed E-state index contributed by atoms with van der Waals surface area (Å²) < 4.78 is 27.5. The highest BCUT2D eigenvalue weighted by molar-refractivity contribution is 5.48. The highest BCUT2D eigenvalue weighted by Gasteiger charge is 2.26. The van der Waals surface area contributed by atoms with Crippen molar-refractivity contribution >= 4 is 5.69 Å². The summed E-state index contributed by atoms with van der Waals surface area (Å²) in [5.41, 5.74) is 1.59. The maximum atomic E-state index is 14.0. The fraction of sp³-hybridized carbons (Fsp3) is 0.368. The van der Waals surface area contributed by atoms with Crippen LogP contribution in [0.4, 0.5) is 14.5 Å². The predicted octanol–water partition coefficient (Wildman–Crippen LogP) is 3.97. The molecule has 0 aromatic heterocycles. The fourth-order valence-electron chi connectivity index (χ4n) is 3.28. The van der Waals surface area contributed by atoms with Crippen molar-refractivity contribution < 1.29 is 8.78 Å². The van der Waals surface area contributed by atoms with E-state index in [1.165, 1.54) is 17.7 Å². The van der Waals surface area contributed by atoms with Crippen LogP contribution >= 0.6 is 0 Å². The average molecular weight is 316 g/mol. The molecule has 0 amide bonds. The number of anilines is 1. The van der Waals surface area contributed by atoms with E-state index in [1.807, 2.05) is 23.1 Å². The van der Waals surface area contributed by atoms with Crippen LogP contribution in [0.2, 0.25) is 0 Å². The molecule has 23 heavy (non-hydrogen) atoms. The monoisotopic (exact) mass is 316 g/mol. The second-order valence-electron chi connectivity index (χ2n) is 6.41. The molecule has 1 aliphatic rings. The summed E-state index contributed by atoms with van der Waals surface area (Å²) in [7, 11) is 0. The van der Waals surface area contributed by atoms with Crippen molar-refractivity contribution in [3.05, 3.63) is 65.7 Å². The molecule has 1 heterocycles. The molecule has 2 atom stereocenters. The maximum absolute atomic E-state index is 14.0. The molecule has 1 N–H and O–H groups in total. The SMILES string of the molecule is CC1CC(NCc2ccccc2)CN(c2cc(F)ccc2F)C1. The number of hydrogen-bond acceptors (Lipinski definition) is 2. The van der Waals surface area contributed by atoms with Crippen LogP contribution in [0.5, 0.6) is 0 Å². The van der Waals surface area contributed by atoms with Crippen LogP contribution in [-0.2, 0) is 6.54 Å². The Labute approximate surface area is 136 Å². The number of hydrogen-bond donors (Lipinski definition) is 1. The number of nitrogens with zero attached hydrogens (tertiary/aromatic N) is 1. The normalized spacial score (nSPS) is 21.4. The molecular weight excluding hydrogens is 294 g/mol.